The Morgan fingerprint density at radius 1 is 1.64 bits per heavy atom. The maximum atomic E-state index is 5.85. The van der Waals surface area contributed by atoms with Gasteiger partial charge in [-0.3, -0.25) is 0 Å². The van der Waals surface area contributed by atoms with Crippen LogP contribution in [-0.4, -0.2) is 16.1 Å². The first-order valence-electron chi connectivity index (χ1n) is 4.29. The average Bonchev–Trinajstić information content (AvgIpc) is 2.53. The van der Waals surface area contributed by atoms with E-state index in [2.05, 4.69) is 41.7 Å². The second-order valence-electron chi connectivity index (χ2n) is 3.32. The zero-order valence-corrected chi connectivity index (χ0v) is 8.82. The van der Waals surface area contributed by atoms with Crippen molar-refractivity contribution in [1.29, 1.82) is 0 Å². The first kappa shape index (κ1) is 8.05. The van der Waals surface area contributed by atoms with Crippen LogP contribution in [0.1, 0.15) is 19.8 Å². The number of fused-ring (bicyclic) bond motifs is 1. The Morgan fingerprint density at radius 3 is 3.09 bits per heavy atom. The summed E-state index contributed by atoms with van der Waals surface area (Å²) in [5.74, 6) is 0.778. The summed E-state index contributed by atoms with van der Waals surface area (Å²) in [6, 6.07) is 0. The molecule has 0 aromatic heterocycles. The maximum absolute atomic E-state index is 5.85. The lowest BCUT2D eigenvalue weighted by atomic mass is 10.0. The molecule has 0 amide bonds. The highest BCUT2D eigenvalue weighted by atomic mass is 127. The van der Waals surface area contributed by atoms with Crippen LogP contribution in [0.5, 0.6) is 0 Å². The molecule has 2 aliphatic rings. The van der Waals surface area contributed by atoms with Crippen molar-refractivity contribution in [2.24, 2.45) is 5.92 Å². The molecule has 1 saturated heterocycles. The van der Waals surface area contributed by atoms with Gasteiger partial charge in [0.25, 0.3) is 0 Å². The summed E-state index contributed by atoms with van der Waals surface area (Å²) in [5.41, 5.74) is 0. The second-order valence-corrected chi connectivity index (χ2v) is 4.76. The van der Waals surface area contributed by atoms with E-state index in [1.54, 1.807) is 0 Å². The number of hydrogen-bond donors (Lipinski definition) is 0. The summed E-state index contributed by atoms with van der Waals surface area (Å²) in [6.45, 7) is 2.21. The van der Waals surface area contributed by atoms with Gasteiger partial charge in [0.2, 0.25) is 0 Å². The van der Waals surface area contributed by atoms with Crippen molar-refractivity contribution in [2.45, 2.75) is 35.9 Å². The quantitative estimate of drug-likeness (QED) is 0.402. The summed E-state index contributed by atoms with van der Waals surface area (Å²) >= 11 is 2.55. The van der Waals surface area contributed by atoms with E-state index >= 15 is 0 Å². The molecule has 0 aromatic rings. The topological polar surface area (TPSA) is 9.23 Å². The molecule has 2 rings (SSSR count). The van der Waals surface area contributed by atoms with Gasteiger partial charge < -0.3 is 4.74 Å². The molecule has 0 aromatic carbocycles. The van der Waals surface area contributed by atoms with Crippen LogP contribution in [0.3, 0.4) is 0 Å². The smallest absolute Gasteiger partial charge is 0.0802 e. The van der Waals surface area contributed by atoms with Crippen molar-refractivity contribution in [2.75, 3.05) is 0 Å². The third-order valence-corrected chi connectivity index (χ3v) is 4.38. The van der Waals surface area contributed by atoms with Gasteiger partial charge in [0.15, 0.2) is 0 Å². The minimum atomic E-state index is 0.446. The molecule has 0 radical (unpaired) electrons. The number of allylic oxidation sites excluding steroid dienone is 1. The second kappa shape index (κ2) is 3.05. The molecule has 4 atom stereocenters. The van der Waals surface area contributed by atoms with E-state index in [4.69, 9.17) is 4.74 Å². The highest BCUT2D eigenvalue weighted by Crippen LogP contribution is 2.40. The van der Waals surface area contributed by atoms with Gasteiger partial charge in [0.1, 0.15) is 0 Å². The summed E-state index contributed by atoms with van der Waals surface area (Å²) in [4.78, 5) is 0. The van der Waals surface area contributed by atoms with Gasteiger partial charge >= 0.3 is 0 Å². The van der Waals surface area contributed by atoms with E-state index < -0.39 is 0 Å². The Labute approximate surface area is 81.3 Å². The zero-order valence-electron chi connectivity index (χ0n) is 6.66. The third kappa shape index (κ3) is 1.24. The van der Waals surface area contributed by atoms with Gasteiger partial charge in [-0.15, -0.1) is 0 Å². The normalized spacial score (nSPS) is 48.2. The van der Waals surface area contributed by atoms with Crippen LogP contribution in [0, 0.1) is 5.92 Å². The molecule has 0 bridgehead atoms. The predicted molar refractivity (Wildman–Crippen MR) is 54.0 cm³/mol. The fourth-order valence-electron chi connectivity index (χ4n) is 1.98. The number of ether oxygens (including phenoxy) is 1. The van der Waals surface area contributed by atoms with E-state index in [0.29, 0.717) is 12.2 Å². The molecular formula is C9H13IO. The average molecular weight is 264 g/mol. The molecule has 11 heavy (non-hydrogen) atoms. The standard InChI is InChI=1S/C9H13IO/c1-2-7-9(10)6-4-3-5-8(6)11-7/h3,5-9H,2,4H2,1H3. The first-order valence-corrected chi connectivity index (χ1v) is 5.53. The van der Waals surface area contributed by atoms with Gasteiger partial charge in [-0.1, -0.05) is 41.7 Å². The van der Waals surface area contributed by atoms with Crippen LogP contribution in [0.25, 0.3) is 0 Å². The fourth-order valence-corrected chi connectivity index (χ4v) is 3.36. The molecule has 62 valence electrons. The minimum Gasteiger partial charge on any atom is -0.369 e. The molecule has 1 heterocycles. The molecule has 1 aliphatic carbocycles. The zero-order chi connectivity index (χ0) is 7.84. The number of hydrogen-bond acceptors (Lipinski definition) is 1. The van der Waals surface area contributed by atoms with Crippen LogP contribution in [0.4, 0.5) is 0 Å². The lowest BCUT2D eigenvalue weighted by molar-refractivity contribution is 0.0658. The largest absolute Gasteiger partial charge is 0.369 e. The summed E-state index contributed by atoms with van der Waals surface area (Å²) in [6.07, 6.45) is 7.83. The SMILES string of the molecule is CCC1OC2C=CCC2C1I. The molecule has 0 spiro atoms. The van der Waals surface area contributed by atoms with Gasteiger partial charge in [-0.2, -0.15) is 0 Å². The maximum Gasteiger partial charge on any atom is 0.0802 e. The lowest BCUT2D eigenvalue weighted by Gasteiger charge is -2.12. The number of alkyl halides is 1. The molecule has 1 fully saturated rings. The van der Waals surface area contributed by atoms with Crippen LogP contribution in [0.2, 0.25) is 0 Å². The Balaban J connectivity index is 2.09. The summed E-state index contributed by atoms with van der Waals surface area (Å²) in [5, 5.41) is 0. The lowest BCUT2D eigenvalue weighted by Crippen LogP contribution is -2.18. The van der Waals surface area contributed by atoms with Crippen molar-refractivity contribution in [3.8, 4) is 0 Å². The van der Waals surface area contributed by atoms with E-state index in [1.807, 2.05) is 0 Å². The molecule has 2 heteroatoms. The number of halogens is 1. The van der Waals surface area contributed by atoms with Crippen molar-refractivity contribution in [1.82, 2.24) is 0 Å². The van der Waals surface area contributed by atoms with Crippen LogP contribution < -0.4 is 0 Å². The van der Waals surface area contributed by atoms with E-state index in [0.717, 1.165) is 16.3 Å². The van der Waals surface area contributed by atoms with Crippen LogP contribution in [-0.2, 0) is 4.74 Å². The Bertz CT molecular complexity index is 178. The Hall–Kier alpha value is 0.430. The summed E-state index contributed by atoms with van der Waals surface area (Å²) in [7, 11) is 0. The molecule has 0 saturated carbocycles. The van der Waals surface area contributed by atoms with Gasteiger partial charge in [-0.05, 0) is 12.8 Å². The minimum absolute atomic E-state index is 0.446. The molecular weight excluding hydrogens is 251 g/mol. The van der Waals surface area contributed by atoms with Crippen LogP contribution in [0.15, 0.2) is 12.2 Å². The monoisotopic (exact) mass is 264 g/mol. The fraction of sp³-hybridized carbons (Fsp3) is 0.778. The van der Waals surface area contributed by atoms with Crippen molar-refractivity contribution in [3.05, 3.63) is 12.2 Å². The highest BCUT2D eigenvalue weighted by Gasteiger charge is 2.41. The molecule has 0 N–H and O–H groups in total. The van der Waals surface area contributed by atoms with Gasteiger partial charge in [0, 0.05) is 9.84 Å². The molecule has 1 nitrogen and oxygen atoms in total. The van der Waals surface area contributed by atoms with E-state index in [1.165, 1.54) is 6.42 Å². The predicted octanol–water partition coefficient (Wildman–Crippen LogP) is 2.54. The van der Waals surface area contributed by atoms with Crippen molar-refractivity contribution in [3.63, 3.8) is 0 Å². The van der Waals surface area contributed by atoms with Gasteiger partial charge in [0.05, 0.1) is 12.2 Å². The van der Waals surface area contributed by atoms with Gasteiger partial charge in [-0.25, -0.2) is 0 Å². The molecule has 4 unspecified atom stereocenters. The van der Waals surface area contributed by atoms with Crippen LogP contribution >= 0.6 is 22.6 Å². The highest BCUT2D eigenvalue weighted by molar-refractivity contribution is 14.1. The molecule has 1 aliphatic heterocycles. The Kier molecular flexibility index (Phi) is 2.23. The van der Waals surface area contributed by atoms with E-state index in [9.17, 15) is 0 Å². The Morgan fingerprint density at radius 2 is 2.45 bits per heavy atom. The summed E-state index contributed by atoms with van der Waals surface area (Å²) < 4.78 is 6.59. The third-order valence-electron chi connectivity index (χ3n) is 2.65. The van der Waals surface area contributed by atoms with Crippen molar-refractivity contribution < 1.29 is 4.74 Å². The number of rotatable bonds is 1. The van der Waals surface area contributed by atoms with Crippen molar-refractivity contribution >= 4 is 22.6 Å². The van der Waals surface area contributed by atoms with E-state index in [-0.39, 0.29) is 0 Å². The first-order chi connectivity index (χ1) is 5.33.